The van der Waals surface area contributed by atoms with Crippen LogP contribution in [-0.4, -0.2) is 33.5 Å². The summed E-state index contributed by atoms with van der Waals surface area (Å²) in [4.78, 5) is 32.1. The molecule has 3 aromatic rings. The van der Waals surface area contributed by atoms with Gasteiger partial charge in [0.2, 0.25) is 17.7 Å². The maximum atomic E-state index is 12.3. The standard InChI is InChI=1S/C23H29N5O3S/c1-15(29)24-13-5-6-16-7-9-17(10-8-16)18-14-32-22(25-18)26-19(30)11-12-20-27-21(28-31-20)23(2,3)4/h7-10,14H,5-6,11-13H2,1-4H3,(H,24,29)(H,25,26,30). The Morgan fingerprint density at radius 3 is 2.50 bits per heavy atom. The first-order chi connectivity index (χ1) is 15.2. The molecular weight excluding hydrogens is 426 g/mol. The molecule has 8 nitrogen and oxygen atoms in total. The quantitative estimate of drug-likeness (QED) is 0.470. The summed E-state index contributed by atoms with van der Waals surface area (Å²) in [5, 5.41) is 12.1. The number of nitrogens with one attached hydrogen (secondary N) is 2. The van der Waals surface area contributed by atoms with Gasteiger partial charge < -0.3 is 15.2 Å². The molecule has 0 radical (unpaired) electrons. The Bertz CT molecular complexity index is 1050. The third-order valence-electron chi connectivity index (χ3n) is 4.72. The van der Waals surface area contributed by atoms with Crippen molar-refractivity contribution >= 4 is 28.3 Å². The number of carbonyl (C=O) groups excluding carboxylic acids is 2. The van der Waals surface area contributed by atoms with E-state index in [1.807, 2.05) is 38.3 Å². The molecule has 0 atom stereocenters. The molecule has 0 aliphatic heterocycles. The third kappa shape index (κ3) is 6.98. The number of nitrogens with zero attached hydrogens (tertiary/aromatic N) is 3. The fraction of sp³-hybridized carbons (Fsp3) is 0.435. The number of hydrogen-bond donors (Lipinski definition) is 2. The van der Waals surface area contributed by atoms with Crippen LogP contribution < -0.4 is 10.6 Å². The van der Waals surface area contributed by atoms with Crippen molar-refractivity contribution in [2.24, 2.45) is 0 Å². The van der Waals surface area contributed by atoms with Crippen LogP contribution >= 0.6 is 11.3 Å². The minimum absolute atomic E-state index is 0.00362. The molecule has 170 valence electrons. The average Bonchev–Trinajstić information content (AvgIpc) is 3.40. The van der Waals surface area contributed by atoms with Crippen LogP contribution in [0.15, 0.2) is 34.2 Å². The SMILES string of the molecule is CC(=O)NCCCc1ccc(-c2csc(NC(=O)CCc3nc(C(C)(C)C)no3)n2)cc1. The van der Waals surface area contributed by atoms with E-state index in [1.165, 1.54) is 23.8 Å². The molecular formula is C23H29N5O3S. The minimum atomic E-state index is -0.188. The summed E-state index contributed by atoms with van der Waals surface area (Å²) in [5.74, 6) is 0.949. The van der Waals surface area contributed by atoms with E-state index >= 15 is 0 Å². The number of aromatic nitrogens is 3. The number of hydrogen-bond acceptors (Lipinski definition) is 7. The van der Waals surface area contributed by atoms with Crippen molar-refractivity contribution in [1.82, 2.24) is 20.4 Å². The molecule has 0 unspecified atom stereocenters. The number of aryl methyl sites for hydroxylation is 2. The van der Waals surface area contributed by atoms with Crippen molar-refractivity contribution < 1.29 is 14.1 Å². The lowest BCUT2D eigenvalue weighted by molar-refractivity contribution is -0.119. The van der Waals surface area contributed by atoms with Gasteiger partial charge in [-0.05, 0) is 18.4 Å². The van der Waals surface area contributed by atoms with Crippen LogP contribution in [0.1, 0.15) is 57.8 Å². The van der Waals surface area contributed by atoms with Gasteiger partial charge in [-0.1, -0.05) is 50.2 Å². The molecule has 9 heteroatoms. The van der Waals surface area contributed by atoms with Crippen LogP contribution in [-0.2, 0) is 27.8 Å². The van der Waals surface area contributed by atoms with E-state index in [4.69, 9.17) is 4.52 Å². The van der Waals surface area contributed by atoms with Crippen molar-refractivity contribution in [2.75, 3.05) is 11.9 Å². The average molecular weight is 456 g/mol. The molecule has 2 N–H and O–H groups in total. The van der Waals surface area contributed by atoms with Crippen LogP contribution in [0.3, 0.4) is 0 Å². The molecule has 0 spiro atoms. The molecule has 2 aromatic heterocycles. The van der Waals surface area contributed by atoms with Crippen molar-refractivity contribution in [3.8, 4) is 11.3 Å². The molecule has 32 heavy (non-hydrogen) atoms. The summed E-state index contributed by atoms with van der Waals surface area (Å²) >= 11 is 1.39. The number of thiazole rings is 1. The summed E-state index contributed by atoms with van der Waals surface area (Å²) in [5.41, 5.74) is 2.83. The Morgan fingerprint density at radius 1 is 1.09 bits per heavy atom. The third-order valence-corrected chi connectivity index (χ3v) is 5.48. The van der Waals surface area contributed by atoms with Gasteiger partial charge in [-0.25, -0.2) is 4.98 Å². The van der Waals surface area contributed by atoms with Crippen molar-refractivity contribution in [2.45, 2.75) is 58.8 Å². The number of carbonyl (C=O) groups is 2. The second-order valence-electron chi connectivity index (χ2n) is 8.63. The first-order valence-corrected chi connectivity index (χ1v) is 11.5. The maximum absolute atomic E-state index is 12.3. The van der Waals surface area contributed by atoms with Gasteiger partial charge in [0.1, 0.15) is 0 Å². The zero-order valence-electron chi connectivity index (χ0n) is 18.9. The van der Waals surface area contributed by atoms with Gasteiger partial charge in [0.25, 0.3) is 0 Å². The number of amides is 2. The molecule has 0 fully saturated rings. The highest BCUT2D eigenvalue weighted by Gasteiger charge is 2.21. The van der Waals surface area contributed by atoms with E-state index in [0.717, 1.165) is 24.1 Å². The van der Waals surface area contributed by atoms with Gasteiger partial charge in [0, 0.05) is 42.7 Å². The first-order valence-electron chi connectivity index (χ1n) is 10.6. The number of rotatable bonds is 9. The molecule has 0 saturated heterocycles. The van der Waals surface area contributed by atoms with Gasteiger partial charge in [-0.3, -0.25) is 9.59 Å². The zero-order chi connectivity index (χ0) is 23.1. The van der Waals surface area contributed by atoms with E-state index < -0.39 is 0 Å². The fourth-order valence-electron chi connectivity index (χ4n) is 2.93. The van der Waals surface area contributed by atoms with E-state index in [9.17, 15) is 9.59 Å². The topological polar surface area (TPSA) is 110 Å². The fourth-order valence-corrected chi connectivity index (χ4v) is 3.66. The van der Waals surface area contributed by atoms with E-state index in [1.54, 1.807) is 0 Å². The van der Waals surface area contributed by atoms with Crippen molar-refractivity contribution in [3.05, 3.63) is 46.9 Å². The normalized spacial score (nSPS) is 11.4. The summed E-state index contributed by atoms with van der Waals surface area (Å²) in [6.45, 7) is 8.23. The van der Waals surface area contributed by atoms with Gasteiger partial charge in [-0.2, -0.15) is 4.98 Å². The van der Waals surface area contributed by atoms with Crippen LogP contribution in [0.4, 0.5) is 5.13 Å². The Kier molecular flexibility index (Phi) is 7.74. The van der Waals surface area contributed by atoms with Gasteiger partial charge in [0.05, 0.1) is 5.69 Å². The number of anilines is 1. The maximum Gasteiger partial charge on any atom is 0.227 e. The van der Waals surface area contributed by atoms with Crippen LogP contribution in [0, 0.1) is 0 Å². The van der Waals surface area contributed by atoms with Crippen molar-refractivity contribution in [1.29, 1.82) is 0 Å². The lowest BCUT2D eigenvalue weighted by Gasteiger charge is -2.10. The predicted octanol–water partition coefficient (Wildman–Crippen LogP) is 4.13. The van der Waals surface area contributed by atoms with Crippen LogP contribution in [0.5, 0.6) is 0 Å². The molecule has 1 aromatic carbocycles. The zero-order valence-corrected chi connectivity index (χ0v) is 19.7. The summed E-state index contributed by atoms with van der Waals surface area (Å²) in [7, 11) is 0. The Morgan fingerprint density at radius 2 is 1.84 bits per heavy atom. The highest BCUT2D eigenvalue weighted by Crippen LogP contribution is 2.25. The molecule has 0 aliphatic carbocycles. The van der Waals surface area contributed by atoms with Crippen LogP contribution in [0.25, 0.3) is 11.3 Å². The van der Waals surface area contributed by atoms with E-state index in [0.29, 0.717) is 29.8 Å². The largest absolute Gasteiger partial charge is 0.356 e. The van der Waals surface area contributed by atoms with Gasteiger partial charge in [-0.15, -0.1) is 11.3 Å². The predicted molar refractivity (Wildman–Crippen MR) is 125 cm³/mol. The highest BCUT2D eigenvalue weighted by atomic mass is 32.1. The minimum Gasteiger partial charge on any atom is -0.356 e. The van der Waals surface area contributed by atoms with Crippen molar-refractivity contribution in [3.63, 3.8) is 0 Å². The summed E-state index contributed by atoms with van der Waals surface area (Å²) < 4.78 is 5.23. The summed E-state index contributed by atoms with van der Waals surface area (Å²) in [6, 6.07) is 8.18. The Balaban J connectivity index is 1.48. The highest BCUT2D eigenvalue weighted by molar-refractivity contribution is 7.14. The second-order valence-corrected chi connectivity index (χ2v) is 9.49. The monoisotopic (exact) mass is 455 g/mol. The number of benzene rings is 1. The van der Waals surface area contributed by atoms with Crippen LogP contribution in [0.2, 0.25) is 0 Å². The summed E-state index contributed by atoms with van der Waals surface area (Å²) in [6.07, 6.45) is 2.42. The lowest BCUT2D eigenvalue weighted by atomic mass is 9.96. The smallest absolute Gasteiger partial charge is 0.227 e. The molecule has 2 amide bonds. The molecule has 0 bridgehead atoms. The molecule has 0 saturated carbocycles. The van der Waals surface area contributed by atoms with Gasteiger partial charge >= 0.3 is 0 Å². The molecule has 3 rings (SSSR count). The first kappa shape index (κ1) is 23.6. The second kappa shape index (κ2) is 10.5. The van der Waals surface area contributed by atoms with E-state index in [2.05, 4.69) is 37.9 Å². The molecule has 2 heterocycles. The molecule has 0 aliphatic rings. The van der Waals surface area contributed by atoms with E-state index in [-0.39, 0.29) is 23.7 Å². The Hall–Kier alpha value is -3.07. The Labute approximate surface area is 191 Å². The lowest BCUT2D eigenvalue weighted by Crippen LogP contribution is -2.21. The van der Waals surface area contributed by atoms with Gasteiger partial charge in [0.15, 0.2) is 11.0 Å².